The predicted octanol–water partition coefficient (Wildman–Crippen LogP) is 2.56. The van der Waals surface area contributed by atoms with Crippen LogP contribution in [-0.4, -0.2) is 10.9 Å². The minimum atomic E-state index is -1.02. The van der Waals surface area contributed by atoms with Gasteiger partial charge in [0.25, 0.3) is 0 Å². The molecule has 0 saturated carbocycles. The molecule has 1 aliphatic carbocycles. The average molecular weight is 218 g/mol. The van der Waals surface area contributed by atoms with Gasteiger partial charge in [0.15, 0.2) is 5.78 Å². The van der Waals surface area contributed by atoms with Crippen molar-refractivity contribution in [2.45, 2.75) is 13.0 Å². The zero-order valence-corrected chi connectivity index (χ0v) is 8.77. The van der Waals surface area contributed by atoms with Crippen LogP contribution in [0.1, 0.15) is 28.9 Å². The van der Waals surface area contributed by atoms with Gasteiger partial charge in [-0.15, -0.1) is 0 Å². The van der Waals surface area contributed by atoms with Gasteiger partial charge in [0.05, 0.1) is 0 Å². The Morgan fingerprint density at radius 3 is 2.88 bits per heavy atom. The van der Waals surface area contributed by atoms with Crippen molar-refractivity contribution in [3.05, 3.63) is 58.9 Å². The molecular weight excluding hydrogens is 207 g/mol. The van der Waals surface area contributed by atoms with E-state index in [2.05, 4.69) is 0 Å². The maximum Gasteiger partial charge on any atom is 0.192 e. The molecule has 3 heteroatoms. The second kappa shape index (κ2) is 4.02. The summed E-state index contributed by atoms with van der Waals surface area (Å²) in [4.78, 5) is 11.8. The highest BCUT2D eigenvalue weighted by molar-refractivity contribution is 6.14. The van der Waals surface area contributed by atoms with Crippen LogP contribution in [0.25, 0.3) is 0 Å². The molecule has 82 valence electrons. The third-order valence-corrected chi connectivity index (χ3v) is 2.58. The van der Waals surface area contributed by atoms with Gasteiger partial charge in [-0.3, -0.25) is 4.79 Å². The van der Waals surface area contributed by atoms with Crippen LogP contribution in [0.5, 0.6) is 0 Å². The standard InChI is InChI=1S/C13H11FO2/c1-2-3-4-10-12(15)9-6-5-8(14)7-11(9)13(10)16/h2-7,13,16H,1H3/b3-2+,10-4-. The number of carbonyl (C=O) groups is 1. The van der Waals surface area contributed by atoms with Gasteiger partial charge < -0.3 is 5.11 Å². The van der Waals surface area contributed by atoms with Gasteiger partial charge in [0.1, 0.15) is 11.9 Å². The van der Waals surface area contributed by atoms with E-state index in [-0.39, 0.29) is 5.78 Å². The highest BCUT2D eigenvalue weighted by atomic mass is 19.1. The molecule has 1 atom stereocenters. The third kappa shape index (κ3) is 1.59. The summed E-state index contributed by atoms with van der Waals surface area (Å²) in [6.07, 6.45) is 3.98. The summed E-state index contributed by atoms with van der Waals surface area (Å²) in [6, 6.07) is 3.84. The van der Waals surface area contributed by atoms with Gasteiger partial charge in [-0.2, -0.15) is 0 Å². The van der Waals surface area contributed by atoms with Crippen molar-refractivity contribution >= 4 is 5.78 Å². The van der Waals surface area contributed by atoms with E-state index < -0.39 is 11.9 Å². The van der Waals surface area contributed by atoms with Crippen molar-refractivity contribution in [3.8, 4) is 0 Å². The van der Waals surface area contributed by atoms with Crippen LogP contribution in [-0.2, 0) is 0 Å². The van der Waals surface area contributed by atoms with Crippen LogP contribution in [0.15, 0.2) is 42.0 Å². The van der Waals surface area contributed by atoms with Gasteiger partial charge >= 0.3 is 0 Å². The lowest BCUT2D eigenvalue weighted by Gasteiger charge is -2.03. The largest absolute Gasteiger partial charge is 0.383 e. The maximum atomic E-state index is 13.0. The fourth-order valence-electron chi connectivity index (χ4n) is 1.78. The molecule has 0 aromatic heterocycles. The van der Waals surface area contributed by atoms with E-state index in [1.165, 1.54) is 18.2 Å². The minimum absolute atomic E-state index is 0.236. The summed E-state index contributed by atoms with van der Waals surface area (Å²) < 4.78 is 13.0. The molecule has 0 saturated heterocycles. The van der Waals surface area contributed by atoms with Gasteiger partial charge in [0.2, 0.25) is 0 Å². The summed E-state index contributed by atoms with van der Waals surface area (Å²) in [5, 5.41) is 9.87. The Morgan fingerprint density at radius 1 is 1.44 bits per heavy atom. The molecule has 1 aromatic carbocycles. The van der Waals surface area contributed by atoms with Gasteiger partial charge in [-0.25, -0.2) is 4.39 Å². The molecule has 0 aliphatic heterocycles. The number of benzene rings is 1. The van der Waals surface area contributed by atoms with E-state index in [4.69, 9.17) is 0 Å². The smallest absolute Gasteiger partial charge is 0.192 e. The molecule has 0 amide bonds. The number of rotatable bonds is 1. The van der Waals surface area contributed by atoms with Crippen molar-refractivity contribution in [3.63, 3.8) is 0 Å². The van der Waals surface area contributed by atoms with E-state index >= 15 is 0 Å². The Bertz CT molecular complexity index is 501. The fraction of sp³-hybridized carbons (Fsp3) is 0.154. The van der Waals surface area contributed by atoms with Crippen molar-refractivity contribution in [1.29, 1.82) is 0 Å². The summed E-state index contributed by atoms with van der Waals surface area (Å²) in [6.45, 7) is 1.82. The Hall–Kier alpha value is -1.74. The number of carbonyl (C=O) groups excluding carboxylic acids is 1. The normalized spacial score (nSPS) is 22.1. The quantitative estimate of drug-likeness (QED) is 0.735. The van der Waals surface area contributed by atoms with E-state index in [1.54, 1.807) is 18.2 Å². The number of aliphatic hydroxyl groups excluding tert-OH is 1. The SMILES string of the molecule is C/C=C/C=C1/C(=O)c2ccc(F)cc2C1O. The Morgan fingerprint density at radius 2 is 2.19 bits per heavy atom. The average Bonchev–Trinajstić information content (AvgIpc) is 2.50. The van der Waals surface area contributed by atoms with Crippen LogP contribution in [0.2, 0.25) is 0 Å². The molecule has 16 heavy (non-hydrogen) atoms. The molecular formula is C13H11FO2. The summed E-state index contributed by atoms with van der Waals surface area (Å²) >= 11 is 0. The topological polar surface area (TPSA) is 37.3 Å². The first-order valence-electron chi connectivity index (χ1n) is 5.00. The molecule has 0 spiro atoms. The molecule has 1 aliphatic rings. The fourth-order valence-corrected chi connectivity index (χ4v) is 1.78. The molecule has 2 nitrogen and oxygen atoms in total. The number of halogens is 1. The molecule has 0 heterocycles. The zero-order valence-electron chi connectivity index (χ0n) is 8.77. The number of ketones is 1. The zero-order chi connectivity index (χ0) is 11.7. The highest BCUT2D eigenvalue weighted by Crippen LogP contribution is 2.35. The van der Waals surface area contributed by atoms with Crippen LogP contribution < -0.4 is 0 Å². The summed E-state index contributed by atoms with van der Waals surface area (Å²) in [7, 11) is 0. The van der Waals surface area contributed by atoms with E-state index in [0.717, 1.165) is 0 Å². The molecule has 1 aromatic rings. The molecule has 0 bridgehead atoms. The number of allylic oxidation sites excluding steroid dienone is 3. The summed E-state index contributed by atoms with van der Waals surface area (Å²) in [5.74, 6) is -0.682. The van der Waals surface area contributed by atoms with Crippen LogP contribution in [0.4, 0.5) is 4.39 Å². The molecule has 1 N–H and O–H groups in total. The first-order chi connectivity index (χ1) is 7.65. The van der Waals surface area contributed by atoms with Crippen molar-refractivity contribution in [2.24, 2.45) is 0 Å². The van der Waals surface area contributed by atoms with Crippen molar-refractivity contribution in [1.82, 2.24) is 0 Å². The number of hydrogen-bond donors (Lipinski definition) is 1. The number of hydrogen-bond acceptors (Lipinski definition) is 2. The first-order valence-corrected chi connectivity index (χ1v) is 5.00. The molecule has 0 fully saturated rings. The van der Waals surface area contributed by atoms with E-state index in [9.17, 15) is 14.3 Å². The van der Waals surface area contributed by atoms with Gasteiger partial charge in [-0.1, -0.05) is 18.2 Å². The Kier molecular flexibility index (Phi) is 2.71. The van der Waals surface area contributed by atoms with Gasteiger partial charge in [0, 0.05) is 11.1 Å². The Labute approximate surface area is 92.7 Å². The number of fused-ring (bicyclic) bond motifs is 1. The van der Waals surface area contributed by atoms with Crippen LogP contribution >= 0.6 is 0 Å². The van der Waals surface area contributed by atoms with Crippen molar-refractivity contribution < 1.29 is 14.3 Å². The van der Waals surface area contributed by atoms with Gasteiger partial charge in [-0.05, 0) is 30.7 Å². The third-order valence-electron chi connectivity index (χ3n) is 2.58. The van der Waals surface area contributed by atoms with Crippen LogP contribution in [0.3, 0.4) is 0 Å². The van der Waals surface area contributed by atoms with E-state index in [0.29, 0.717) is 16.7 Å². The molecule has 1 unspecified atom stereocenters. The Balaban J connectivity index is 2.52. The molecule has 0 radical (unpaired) electrons. The monoisotopic (exact) mass is 218 g/mol. The number of aliphatic hydroxyl groups is 1. The lowest BCUT2D eigenvalue weighted by Crippen LogP contribution is -1.98. The second-order valence-corrected chi connectivity index (χ2v) is 3.61. The number of Topliss-reactive ketones (excluding diaryl/α,β-unsaturated/α-hetero) is 1. The minimum Gasteiger partial charge on any atom is -0.383 e. The van der Waals surface area contributed by atoms with Crippen molar-refractivity contribution in [2.75, 3.05) is 0 Å². The van der Waals surface area contributed by atoms with E-state index in [1.807, 2.05) is 6.92 Å². The molecule has 2 rings (SSSR count). The van der Waals surface area contributed by atoms with Crippen LogP contribution in [0, 0.1) is 5.82 Å². The first kappa shape index (κ1) is 10.8. The maximum absolute atomic E-state index is 13.0. The summed E-state index contributed by atoms with van der Waals surface area (Å²) in [5.41, 5.74) is 1.02. The lowest BCUT2D eigenvalue weighted by atomic mass is 10.1. The lowest BCUT2D eigenvalue weighted by molar-refractivity contribution is 0.101. The highest BCUT2D eigenvalue weighted by Gasteiger charge is 2.32. The second-order valence-electron chi connectivity index (χ2n) is 3.61. The predicted molar refractivity (Wildman–Crippen MR) is 58.6 cm³/mol.